The van der Waals surface area contributed by atoms with E-state index in [2.05, 4.69) is 11.6 Å². The minimum Gasteiger partial charge on any atom is -0.507 e. The molecule has 2 amide bonds. The number of aromatic hydroxyl groups is 1. The lowest BCUT2D eigenvalue weighted by Gasteiger charge is -2.39. The molecule has 196 valence electrons. The summed E-state index contributed by atoms with van der Waals surface area (Å²) in [5.74, 6) is -3.36. The summed E-state index contributed by atoms with van der Waals surface area (Å²) in [4.78, 5) is 35.5. The van der Waals surface area contributed by atoms with Crippen molar-refractivity contribution >= 4 is 17.6 Å². The summed E-state index contributed by atoms with van der Waals surface area (Å²) in [6.45, 7) is 6.51. The summed E-state index contributed by atoms with van der Waals surface area (Å²) < 4.78 is 42.4. The Bertz CT molecular complexity index is 1250. The molecule has 0 spiro atoms. The zero-order chi connectivity index (χ0) is 26.4. The number of anilines is 1. The number of hydrogen-bond acceptors (Lipinski definition) is 7. The van der Waals surface area contributed by atoms with E-state index >= 15 is 4.39 Å². The van der Waals surface area contributed by atoms with E-state index in [1.54, 1.807) is 16.9 Å². The molecule has 2 fully saturated rings. The van der Waals surface area contributed by atoms with Gasteiger partial charge in [0.25, 0.3) is 5.91 Å². The van der Waals surface area contributed by atoms with E-state index in [-0.39, 0.29) is 54.9 Å². The van der Waals surface area contributed by atoms with E-state index in [4.69, 9.17) is 9.47 Å². The van der Waals surface area contributed by atoms with Crippen LogP contribution in [0.3, 0.4) is 0 Å². The number of nitrogens with zero attached hydrogens (tertiary/aromatic N) is 4. The average molecular weight is 515 g/mol. The number of carbonyl (C=O) groups excluding carboxylic acids is 2. The van der Waals surface area contributed by atoms with Crippen molar-refractivity contribution in [3.63, 3.8) is 0 Å². The second kappa shape index (κ2) is 9.62. The number of phenolic OH excluding ortho intramolecular Hbond substituents is 1. The van der Waals surface area contributed by atoms with Gasteiger partial charge in [0.05, 0.1) is 23.8 Å². The van der Waals surface area contributed by atoms with Gasteiger partial charge in [-0.2, -0.15) is 0 Å². The molecule has 1 unspecified atom stereocenters. The van der Waals surface area contributed by atoms with Gasteiger partial charge in [-0.3, -0.25) is 9.59 Å². The molecule has 1 aromatic carbocycles. The number of phenols is 1. The summed E-state index contributed by atoms with van der Waals surface area (Å²) in [6, 6.07) is 2.89. The van der Waals surface area contributed by atoms with Crippen LogP contribution in [0.2, 0.25) is 0 Å². The third-order valence-electron chi connectivity index (χ3n) is 7.43. The largest absolute Gasteiger partial charge is 0.507 e. The predicted molar refractivity (Wildman–Crippen MR) is 131 cm³/mol. The summed E-state index contributed by atoms with van der Waals surface area (Å²) in [6.07, 6.45) is 1.70. The van der Waals surface area contributed by atoms with Crippen molar-refractivity contribution in [2.75, 3.05) is 44.8 Å². The summed E-state index contributed by atoms with van der Waals surface area (Å²) in [5, 5.41) is 10.4. The lowest BCUT2D eigenvalue weighted by molar-refractivity contribution is -0.128. The van der Waals surface area contributed by atoms with Crippen molar-refractivity contribution in [3.05, 3.63) is 48.1 Å². The van der Waals surface area contributed by atoms with Gasteiger partial charge < -0.3 is 29.3 Å². The molecule has 11 heteroatoms. The number of amides is 2. The predicted octanol–water partition coefficient (Wildman–Crippen LogP) is 2.58. The second-order valence-corrected chi connectivity index (χ2v) is 9.38. The molecule has 4 heterocycles. The third kappa shape index (κ3) is 4.07. The first kappa shape index (κ1) is 24.9. The minimum absolute atomic E-state index is 0.0633. The Hall–Kier alpha value is -3.73. The zero-order valence-corrected chi connectivity index (χ0v) is 20.6. The molecule has 0 bridgehead atoms. The quantitative estimate of drug-likeness (QED) is 0.627. The number of benzene rings is 1. The van der Waals surface area contributed by atoms with Crippen molar-refractivity contribution in [2.45, 2.75) is 31.5 Å². The van der Waals surface area contributed by atoms with Crippen molar-refractivity contribution in [1.82, 2.24) is 14.8 Å². The van der Waals surface area contributed by atoms with Crippen molar-refractivity contribution in [2.24, 2.45) is 0 Å². The highest BCUT2D eigenvalue weighted by Crippen LogP contribution is 2.43. The summed E-state index contributed by atoms with van der Waals surface area (Å²) >= 11 is 0. The van der Waals surface area contributed by atoms with Crippen molar-refractivity contribution in [1.29, 1.82) is 0 Å². The molecule has 2 aromatic rings. The number of piperazine rings is 1. The van der Waals surface area contributed by atoms with E-state index in [0.29, 0.717) is 19.5 Å². The van der Waals surface area contributed by atoms with E-state index < -0.39 is 40.6 Å². The second-order valence-electron chi connectivity index (χ2n) is 9.38. The average Bonchev–Trinajstić information content (AvgIpc) is 3.19. The van der Waals surface area contributed by atoms with Crippen LogP contribution in [0.5, 0.6) is 11.5 Å². The fourth-order valence-corrected chi connectivity index (χ4v) is 5.42. The van der Waals surface area contributed by atoms with Gasteiger partial charge in [-0.05, 0) is 31.6 Å². The number of halogens is 2. The number of hydrogen-bond donors (Lipinski definition) is 1. The highest BCUT2D eigenvalue weighted by atomic mass is 19.1. The third-order valence-corrected chi connectivity index (χ3v) is 7.43. The molecule has 0 aliphatic carbocycles. The molecule has 0 saturated carbocycles. The maximum atomic E-state index is 16.0. The normalized spacial score (nSPS) is 23.3. The SMILES string of the molecule is C=CC(=O)N1CCN2C(=O)c3c(N4CCC(OC)[C@@H]4C)nc(-c4c(O)cccc4F)c(F)c3OC[C@H]2C1. The number of ether oxygens (including phenoxy) is 2. The molecule has 3 atom stereocenters. The molecular formula is C26H28F2N4O5. The fraction of sp³-hybridized carbons (Fsp3) is 0.423. The Morgan fingerprint density at radius 2 is 2.03 bits per heavy atom. The molecule has 3 aliphatic heterocycles. The van der Waals surface area contributed by atoms with Crippen molar-refractivity contribution in [3.8, 4) is 22.8 Å². The summed E-state index contributed by atoms with van der Waals surface area (Å²) in [5.41, 5.74) is -0.930. The van der Waals surface area contributed by atoms with Crippen LogP contribution in [0.1, 0.15) is 23.7 Å². The van der Waals surface area contributed by atoms with Gasteiger partial charge in [0, 0.05) is 33.3 Å². The van der Waals surface area contributed by atoms with Crippen LogP contribution in [0.25, 0.3) is 11.3 Å². The summed E-state index contributed by atoms with van der Waals surface area (Å²) in [7, 11) is 1.59. The van der Waals surface area contributed by atoms with Crippen LogP contribution in [0.15, 0.2) is 30.9 Å². The van der Waals surface area contributed by atoms with E-state index in [0.717, 1.165) is 6.07 Å². The van der Waals surface area contributed by atoms with Gasteiger partial charge in [0.15, 0.2) is 11.6 Å². The standard InChI is InChI=1S/C26H28F2N4O5/c1-4-19(34)30-10-11-32-15(12-30)13-37-24-21(26(32)35)25(31-9-8-18(36-3)14(31)2)29-23(22(24)28)20-16(27)6-5-7-17(20)33/h4-7,14-15,18,33H,1,8-13H2,2-3H3/t14-,15+,18?/m0/s1. The van der Waals surface area contributed by atoms with Crippen LogP contribution >= 0.6 is 0 Å². The smallest absolute Gasteiger partial charge is 0.262 e. The topological polar surface area (TPSA) is 95.4 Å². The molecule has 9 nitrogen and oxygen atoms in total. The molecular weight excluding hydrogens is 486 g/mol. The Labute approximate surface area is 212 Å². The number of methoxy groups -OCH3 is 1. The van der Waals surface area contributed by atoms with E-state index in [1.165, 1.54) is 18.2 Å². The zero-order valence-electron chi connectivity index (χ0n) is 20.6. The van der Waals surface area contributed by atoms with Crippen LogP contribution < -0.4 is 9.64 Å². The Morgan fingerprint density at radius 3 is 2.70 bits per heavy atom. The maximum absolute atomic E-state index is 16.0. The highest BCUT2D eigenvalue weighted by Gasteiger charge is 2.43. The molecule has 0 radical (unpaired) electrons. The lowest BCUT2D eigenvalue weighted by Crippen LogP contribution is -2.57. The molecule has 2 saturated heterocycles. The molecule has 1 aromatic heterocycles. The van der Waals surface area contributed by atoms with Crippen LogP contribution in [-0.2, 0) is 9.53 Å². The fourth-order valence-electron chi connectivity index (χ4n) is 5.42. The Morgan fingerprint density at radius 1 is 1.24 bits per heavy atom. The first-order valence-electron chi connectivity index (χ1n) is 12.1. The van der Waals surface area contributed by atoms with Crippen LogP contribution in [0.4, 0.5) is 14.6 Å². The van der Waals surface area contributed by atoms with Gasteiger partial charge >= 0.3 is 0 Å². The molecule has 5 rings (SSSR count). The van der Waals surface area contributed by atoms with Gasteiger partial charge in [0.1, 0.15) is 35.2 Å². The van der Waals surface area contributed by atoms with Gasteiger partial charge in [-0.1, -0.05) is 12.6 Å². The number of pyridine rings is 1. The number of fused-ring (bicyclic) bond motifs is 2. The minimum atomic E-state index is -1.04. The van der Waals surface area contributed by atoms with Crippen LogP contribution in [0, 0.1) is 11.6 Å². The van der Waals surface area contributed by atoms with E-state index in [9.17, 15) is 19.1 Å². The molecule has 37 heavy (non-hydrogen) atoms. The van der Waals surface area contributed by atoms with Crippen molar-refractivity contribution < 1.29 is 33.0 Å². The molecule has 3 aliphatic rings. The Balaban J connectivity index is 1.67. The van der Waals surface area contributed by atoms with Gasteiger partial charge in [-0.15, -0.1) is 0 Å². The number of aromatic nitrogens is 1. The first-order valence-corrected chi connectivity index (χ1v) is 12.1. The molecule has 1 N–H and O–H groups in total. The number of carbonyl (C=O) groups is 2. The maximum Gasteiger partial charge on any atom is 0.262 e. The van der Waals surface area contributed by atoms with Gasteiger partial charge in [-0.25, -0.2) is 13.8 Å². The lowest BCUT2D eigenvalue weighted by atomic mass is 10.0. The number of rotatable bonds is 4. The Kier molecular flexibility index (Phi) is 6.49. The van der Waals surface area contributed by atoms with Crippen LogP contribution in [-0.4, -0.2) is 89.8 Å². The van der Waals surface area contributed by atoms with E-state index in [1.807, 2.05) is 11.8 Å². The first-order chi connectivity index (χ1) is 17.8. The monoisotopic (exact) mass is 514 g/mol. The van der Waals surface area contributed by atoms with Gasteiger partial charge in [0.2, 0.25) is 5.91 Å². The highest BCUT2D eigenvalue weighted by molar-refractivity contribution is 6.03.